The van der Waals surface area contributed by atoms with Crippen molar-refractivity contribution in [2.45, 2.75) is 38.3 Å². The molecule has 3 heterocycles. The van der Waals surface area contributed by atoms with Gasteiger partial charge in [0.1, 0.15) is 21.9 Å². The number of nitrogens with zero attached hydrogens (tertiary/aromatic N) is 2. The summed E-state index contributed by atoms with van der Waals surface area (Å²) in [5.41, 5.74) is 1.70. The predicted molar refractivity (Wildman–Crippen MR) is 94.8 cm³/mol. The zero-order valence-corrected chi connectivity index (χ0v) is 14.9. The molecule has 6 heteroatoms. The molecule has 0 saturated heterocycles. The normalized spacial score (nSPS) is 19.4. The summed E-state index contributed by atoms with van der Waals surface area (Å²) in [7, 11) is 0. The van der Waals surface area contributed by atoms with E-state index in [2.05, 4.69) is 37.5 Å². The summed E-state index contributed by atoms with van der Waals surface area (Å²) < 4.78 is 8.87. The molecule has 0 spiro atoms. The first-order chi connectivity index (χ1) is 11.2. The minimum Gasteiger partial charge on any atom is -0.491 e. The number of para-hydroxylation sites is 1. The molecule has 23 heavy (non-hydrogen) atoms. The summed E-state index contributed by atoms with van der Waals surface area (Å²) in [6.45, 7) is 1.47. The van der Waals surface area contributed by atoms with E-state index in [9.17, 15) is 4.79 Å². The van der Waals surface area contributed by atoms with Crippen LogP contribution in [0, 0.1) is 3.70 Å². The standard InChI is InChI=1S/C17H18IN3O2/c18-16-15(20-14-7-3-4-8-21(14)16)17(22)19-12-9-11-5-1-2-6-13(11)23-10-12/h1-2,5-6,12H,3-4,7-10H2,(H,19,22)/t12-/m1/s1. The molecule has 120 valence electrons. The van der Waals surface area contributed by atoms with E-state index in [-0.39, 0.29) is 11.9 Å². The Balaban J connectivity index is 1.50. The fraction of sp³-hybridized carbons (Fsp3) is 0.412. The Morgan fingerprint density at radius 2 is 2.22 bits per heavy atom. The molecular weight excluding hydrogens is 405 g/mol. The van der Waals surface area contributed by atoms with E-state index in [1.54, 1.807) is 0 Å². The molecule has 1 aromatic carbocycles. The van der Waals surface area contributed by atoms with Crippen LogP contribution in [0.4, 0.5) is 0 Å². The quantitative estimate of drug-likeness (QED) is 0.756. The molecule has 1 atom stereocenters. The summed E-state index contributed by atoms with van der Waals surface area (Å²) in [5, 5.41) is 3.08. The SMILES string of the molecule is O=C(N[C@H]1COc2ccccc2C1)c1nc2n(c1I)CCCC2. The van der Waals surface area contributed by atoms with E-state index in [0.29, 0.717) is 12.3 Å². The third kappa shape index (κ3) is 2.84. The third-order valence-corrected chi connectivity index (χ3v) is 5.54. The maximum Gasteiger partial charge on any atom is 0.272 e. The molecule has 4 rings (SSSR count). The molecule has 1 amide bonds. The van der Waals surface area contributed by atoms with Crippen molar-refractivity contribution in [3.63, 3.8) is 0 Å². The van der Waals surface area contributed by atoms with Crippen molar-refractivity contribution in [2.24, 2.45) is 0 Å². The number of halogens is 1. The van der Waals surface area contributed by atoms with Crippen molar-refractivity contribution in [2.75, 3.05) is 6.61 Å². The monoisotopic (exact) mass is 423 g/mol. The molecule has 0 fully saturated rings. The number of fused-ring (bicyclic) bond motifs is 2. The van der Waals surface area contributed by atoms with Gasteiger partial charge in [0.2, 0.25) is 0 Å². The van der Waals surface area contributed by atoms with Gasteiger partial charge >= 0.3 is 0 Å². The average molecular weight is 423 g/mol. The zero-order valence-electron chi connectivity index (χ0n) is 12.7. The summed E-state index contributed by atoms with van der Waals surface area (Å²) in [5.74, 6) is 1.87. The fourth-order valence-electron chi connectivity index (χ4n) is 3.27. The van der Waals surface area contributed by atoms with Crippen molar-refractivity contribution in [3.05, 3.63) is 45.0 Å². The molecule has 0 radical (unpaired) electrons. The van der Waals surface area contributed by atoms with Crippen LogP contribution in [-0.4, -0.2) is 28.1 Å². The number of hydrogen-bond acceptors (Lipinski definition) is 3. The number of amides is 1. The van der Waals surface area contributed by atoms with Gasteiger partial charge in [0.05, 0.1) is 6.04 Å². The Kier molecular flexibility index (Phi) is 4.00. The number of hydrogen-bond donors (Lipinski definition) is 1. The zero-order chi connectivity index (χ0) is 15.8. The van der Waals surface area contributed by atoms with E-state index in [1.165, 1.54) is 0 Å². The van der Waals surface area contributed by atoms with E-state index < -0.39 is 0 Å². The van der Waals surface area contributed by atoms with Crippen LogP contribution in [0.3, 0.4) is 0 Å². The van der Waals surface area contributed by atoms with Crippen molar-refractivity contribution >= 4 is 28.5 Å². The van der Waals surface area contributed by atoms with Crippen LogP contribution in [0.15, 0.2) is 24.3 Å². The summed E-state index contributed by atoms with van der Waals surface area (Å²) >= 11 is 2.24. The van der Waals surface area contributed by atoms with Crippen LogP contribution in [0.25, 0.3) is 0 Å². The van der Waals surface area contributed by atoms with Gasteiger partial charge in [0, 0.05) is 13.0 Å². The Morgan fingerprint density at radius 1 is 1.35 bits per heavy atom. The Morgan fingerprint density at radius 3 is 3.09 bits per heavy atom. The van der Waals surface area contributed by atoms with Gasteiger partial charge in [-0.15, -0.1) is 0 Å². The van der Waals surface area contributed by atoms with E-state index in [0.717, 1.165) is 53.1 Å². The number of nitrogens with one attached hydrogen (secondary N) is 1. The van der Waals surface area contributed by atoms with E-state index in [4.69, 9.17) is 4.74 Å². The first-order valence-electron chi connectivity index (χ1n) is 7.99. The van der Waals surface area contributed by atoms with Crippen LogP contribution in [0.1, 0.15) is 34.7 Å². The summed E-state index contributed by atoms with van der Waals surface area (Å²) in [4.78, 5) is 17.2. The lowest BCUT2D eigenvalue weighted by atomic mass is 10.0. The van der Waals surface area contributed by atoms with Crippen LogP contribution in [-0.2, 0) is 19.4 Å². The Labute approximate surface area is 148 Å². The average Bonchev–Trinajstić information content (AvgIpc) is 2.92. The molecule has 2 aliphatic rings. The highest BCUT2D eigenvalue weighted by molar-refractivity contribution is 14.1. The highest BCUT2D eigenvalue weighted by Crippen LogP contribution is 2.25. The number of rotatable bonds is 2. The van der Waals surface area contributed by atoms with Crippen molar-refractivity contribution in [3.8, 4) is 5.75 Å². The van der Waals surface area contributed by atoms with Gasteiger partial charge in [-0.3, -0.25) is 4.79 Å². The van der Waals surface area contributed by atoms with Gasteiger partial charge in [-0.1, -0.05) is 18.2 Å². The number of carbonyl (C=O) groups is 1. The lowest BCUT2D eigenvalue weighted by Gasteiger charge is -2.25. The largest absolute Gasteiger partial charge is 0.491 e. The molecule has 0 unspecified atom stereocenters. The molecule has 0 bridgehead atoms. The fourth-order valence-corrected chi connectivity index (χ4v) is 4.15. The second kappa shape index (κ2) is 6.14. The van der Waals surface area contributed by atoms with Crippen molar-refractivity contribution in [1.82, 2.24) is 14.9 Å². The minimum absolute atomic E-state index is 0.00747. The van der Waals surface area contributed by atoms with Crippen molar-refractivity contribution < 1.29 is 9.53 Å². The maximum atomic E-state index is 12.6. The minimum atomic E-state index is -0.0933. The highest BCUT2D eigenvalue weighted by atomic mass is 127. The molecule has 1 aromatic heterocycles. The number of ether oxygens (including phenoxy) is 1. The van der Waals surface area contributed by atoms with Crippen LogP contribution in [0.2, 0.25) is 0 Å². The second-order valence-corrected chi connectivity index (χ2v) is 7.09. The van der Waals surface area contributed by atoms with Gasteiger partial charge in [-0.2, -0.15) is 0 Å². The molecule has 2 aliphatic heterocycles. The van der Waals surface area contributed by atoms with Gasteiger partial charge in [0.25, 0.3) is 5.91 Å². The first-order valence-corrected chi connectivity index (χ1v) is 9.06. The van der Waals surface area contributed by atoms with E-state index in [1.807, 2.05) is 24.3 Å². The second-order valence-electron chi connectivity index (χ2n) is 6.07. The third-order valence-electron chi connectivity index (χ3n) is 4.45. The molecule has 1 N–H and O–H groups in total. The smallest absolute Gasteiger partial charge is 0.272 e. The van der Waals surface area contributed by atoms with Gasteiger partial charge in [-0.25, -0.2) is 4.98 Å². The maximum absolute atomic E-state index is 12.6. The molecule has 0 aliphatic carbocycles. The molecule has 0 saturated carbocycles. The number of aryl methyl sites for hydroxylation is 1. The summed E-state index contributed by atoms with van der Waals surface area (Å²) in [6.07, 6.45) is 4.07. The molecule has 2 aromatic rings. The van der Waals surface area contributed by atoms with Gasteiger partial charge in [0.15, 0.2) is 5.69 Å². The number of aromatic nitrogens is 2. The predicted octanol–water partition coefficient (Wildman–Crippen LogP) is 2.56. The van der Waals surface area contributed by atoms with E-state index >= 15 is 0 Å². The molecule has 5 nitrogen and oxygen atoms in total. The number of benzene rings is 1. The first kappa shape index (κ1) is 15.0. The Bertz CT molecular complexity index is 756. The Hall–Kier alpha value is -1.57. The highest BCUT2D eigenvalue weighted by Gasteiger charge is 2.26. The lowest BCUT2D eigenvalue weighted by Crippen LogP contribution is -2.43. The number of carbonyl (C=O) groups excluding carboxylic acids is 1. The summed E-state index contributed by atoms with van der Waals surface area (Å²) in [6, 6.07) is 7.98. The van der Waals surface area contributed by atoms with Crippen LogP contribution >= 0.6 is 22.6 Å². The van der Waals surface area contributed by atoms with Crippen molar-refractivity contribution in [1.29, 1.82) is 0 Å². The lowest BCUT2D eigenvalue weighted by molar-refractivity contribution is 0.0909. The number of imidazole rings is 1. The topological polar surface area (TPSA) is 56.1 Å². The van der Waals surface area contributed by atoms with Crippen LogP contribution < -0.4 is 10.1 Å². The molecular formula is C17H18IN3O2. The van der Waals surface area contributed by atoms with Gasteiger partial charge < -0.3 is 14.6 Å². The van der Waals surface area contributed by atoms with Gasteiger partial charge in [-0.05, 0) is 53.5 Å². The van der Waals surface area contributed by atoms with Crippen LogP contribution in [0.5, 0.6) is 5.75 Å².